The molecule has 1 saturated carbocycles. The van der Waals surface area contributed by atoms with E-state index in [1.54, 1.807) is 7.05 Å². The van der Waals surface area contributed by atoms with Crippen molar-refractivity contribution < 1.29 is 19.8 Å². The Morgan fingerprint density at radius 1 is 1.36 bits per heavy atom. The molecule has 2 atom stereocenters. The molecule has 1 aromatic heterocycles. The number of carboxylic acid groups (broad SMARTS) is 1. The summed E-state index contributed by atoms with van der Waals surface area (Å²) in [4.78, 5) is 36.8. The number of aliphatic carboxylic acids is 1. The SMILES string of the molecule is CN(C(=O)c1cccn(CC(=O)O)c1=O)[C@@H]1CCCC[C@H]1O. The minimum atomic E-state index is -1.15. The van der Waals surface area contributed by atoms with Crippen LogP contribution in [-0.2, 0) is 11.3 Å². The first-order chi connectivity index (χ1) is 10.4. The molecule has 1 heterocycles. The number of aliphatic hydroxyl groups excluding tert-OH is 1. The van der Waals surface area contributed by atoms with Gasteiger partial charge in [-0.3, -0.25) is 14.4 Å². The molecule has 0 unspecified atom stereocenters. The van der Waals surface area contributed by atoms with Crippen molar-refractivity contribution in [2.75, 3.05) is 7.05 Å². The van der Waals surface area contributed by atoms with E-state index in [0.29, 0.717) is 12.8 Å². The second kappa shape index (κ2) is 6.74. The first-order valence-electron chi connectivity index (χ1n) is 7.28. The summed E-state index contributed by atoms with van der Waals surface area (Å²) >= 11 is 0. The van der Waals surface area contributed by atoms with E-state index in [4.69, 9.17) is 5.11 Å². The highest BCUT2D eigenvalue weighted by molar-refractivity contribution is 5.94. The monoisotopic (exact) mass is 308 g/mol. The topological polar surface area (TPSA) is 99.8 Å². The normalized spacial score (nSPS) is 21.4. The van der Waals surface area contributed by atoms with Gasteiger partial charge in [0.05, 0.1) is 12.1 Å². The molecule has 0 bridgehead atoms. The van der Waals surface area contributed by atoms with Gasteiger partial charge in [-0.2, -0.15) is 0 Å². The van der Waals surface area contributed by atoms with Gasteiger partial charge in [0, 0.05) is 13.2 Å². The first-order valence-corrected chi connectivity index (χ1v) is 7.28. The number of amides is 1. The van der Waals surface area contributed by atoms with Crippen LogP contribution in [0.4, 0.5) is 0 Å². The van der Waals surface area contributed by atoms with Gasteiger partial charge in [-0.1, -0.05) is 12.8 Å². The predicted octanol–water partition coefficient (Wildman–Crippen LogP) is 0.308. The van der Waals surface area contributed by atoms with Crippen molar-refractivity contribution in [3.05, 3.63) is 34.2 Å². The molecule has 1 fully saturated rings. The van der Waals surface area contributed by atoms with E-state index in [0.717, 1.165) is 17.4 Å². The minimum Gasteiger partial charge on any atom is -0.480 e. The maximum atomic E-state index is 12.5. The van der Waals surface area contributed by atoms with Gasteiger partial charge in [0.15, 0.2) is 0 Å². The van der Waals surface area contributed by atoms with Gasteiger partial charge in [-0.15, -0.1) is 0 Å². The molecule has 0 radical (unpaired) electrons. The van der Waals surface area contributed by atoms with Gasteiger partial charge in [0.1, 0.15) is 12.1 Å². The minimum absolute atomic E-state index is 0.0796. The molecular weight excluding hydrogens is 288 g/mol. The van der Waals surface area contributed by atoms with E-state index in [9.17, 15) is 19.5 Å². The molecule has 0 spiro atoms. The van der Waals surface area contributed by atoms with E-state index in [2.05, 4.69) is 0 Å². The lowest BCUT2D eigenvalue weighted by Crippen LogP contribution is -2.47. The molecule has 1 aliphatic carbocycles. The summed E-state index contributed by atoms with van der Waals surface area (Å²) in [6.07, 6.45) is 3.93. The first kappa shape index (κ1) is 16.2. The average Bonchev–Trinajstić information content (AvgIpc) is 2.48. The molecular formula is C15H20N2O5. The van der Waals surface area contributed by atoms with Crippen molar-refractivity contribution in [3.8, 4) is 0 Å². The summed E-state index contributed by atoms with van der Waals surface area (Å²) in [5.41, 5.74) is -0.712. The fraction of sp³-hybridized carbons (Fsp3) is 0.533. The molecule has 0 aliphatic heterocycles. The summed E-state index contributed by atoms with van der Waals surface area (Å²) in [5, 5.41) is 18.8. The predicted molar refractivity (Wildman–Crippen MR) is 78.7 cm³/mol. The lowest BCUT2D eigenvalue weighted by atomic mass is 9.91. The van der Waals surface area contributed by atoms with Crippen LogP contribution in [0.5, 0.6) is 0 Å². The maximum absolute atomic E-state index is 12.5. The van der Waals surface area contributed by atoms with E-state index >= 15 is 0 Å². The number of rotatable bonds is 4. The fourth-order valence-electron chi connectivity index (χ4n) is 2.85. The summed E-state index contributed by atoms with van der Waals surface area (Å²) in [6, 6.07) is 2.55. The van der Waals surface area contributed by atoms with Crippen molar-refractivity contribution in [2.45, 2.75) is 44.4 Å². The Balaban J connectivity index is 2.25. The van der Waals surface area contributed by atoms with Crippen molar-refractivity contribution in [2.24, 2.45) is 0 Å². The number of pyridine rings is 1. The molecule has 2 N–H and O–H groups in total. The maximum Gasteiger partial charge on any atom is 0.323 e. The third-order valence-electron chi connectivity index (χ3n) is 4.07. The number of carboxylic acids is 1. The Labute approximate surface area is 127 Å². The molecule has 22 heavy (non-hydrogen) atoms. The van der Waals surface area contributed by atoms with Crippen LogP contribution in [0.3, 0.4) is 0 Å². The average molecular weight is 308 g/mol. The van der Waals surface area contributed by atoms with Crippen molar-refractivity contribution in [3.63, 3.8) is 0 Å². The van der Waals surface area contributed by atoms with Gasteiger partial charge in [-0.25, -0.2) is 0 Å². The quantitative estimate of drug-likeness (QED) is 0.834. The number of hydrogen-bond acceptors (Lipinski definition) is 4. The number of carbonyl (C=O) groups is 2. The number of aliphatic hydroxyl groups is 1. The summed E-state index contributed by atoms with van der Waals surface area (Å²) in [7, 11) is 1.56. The highest BCUT2D eigenvalue weighted by Gasteiger charge is 2.30. The summed E-state index contributed by atoms with van der Waals surface area (Å²) in [6.45, 7) is -0.490. The number of nitrogens with zero attached hydrogens (tertiary/aromatic N) is 2. The highest BCUT2D eigenvalue weighted by atomic mass is 16.4. The van der Waals surface area contributed by atoms with Crippen LogP contribution in [0.1, 0.15) is 36.0 Å². The zero-order valence-corrected chi connectivity index (χ0v) is 12.4. The zero-order chi connectivity index (χ0) is 16.3. The van der Waals surface area contributed by atoms with Crippen LogP contribution in [-0.4, -0.2) is 50.8 Å². The summed E-state index contributed by atoms with van der Waals surface area (Å²) < 4.78 is 0.987. The van der Waals surface area contributed by atoms with E-state index in [1.807, 2.05) is 0 Å². The number of likely N-dealkylation sites (N-methyl/N-ethyl adjacent to an activating group) is 1. The second-order valence-corrected chi connectivity index (χ2v) is 5.58. The zero-order valence-electron chi connectivity index (χ0n) is 12.4. The fourth-order valence-corrected chi connectivity index (χ4v) is 2.85. The molecule has 2 rings (SSSR count). The smallest absolute Gasteiger partial charge is 0.323 e. The Bertz CT molecular complexity index is 625. The molecule has 1 aliphatic rings. The number of aromatic nitrogens is 1. The Morgan fingerprint density at radius 2 is 2.05 bits per heavy atom. The van der Waals surface area contributed by atoms with Crippen molar-refractivity contribution in [1.82, 2.24) is 9.47 Å². The van der Waals surface area contributed by atoms with Crippen molar-refractivity contribution >= 4 is 11.9 Å². The van der Waals surface area contributed by atoms with E-state index in [1.165, 1.54) is 23.2 Å². The van der Waals surface area contributed by atoms with Crippen LogP contribution in [0, 0.1) is 0 Å². The van der Waals surface area contributed by atoms with Crippen LogP contribution in [0.15, 0.2) is 23.1 Å². The van der Waals surface area contributed by atoms with Crippen molar-refractivity contribution in [1.29, 1.82) is 0 Å². The third kappa shape index (κ3) is 3.36. The third-order valence-corrected chi connectivity index (χ3v) is 4.07. The lowest BCUT2D eigenvalue weighted by molar-refractivity contribution is -0.137. The molecule has 1 aromatic rings. The Morgan fingerprint density at radius 3 is 2.68 bits per heavy atom. The summed E-state index contributed by atoms with van der Waals surface area (Å²) in [5.74, 6) is -1.64. The second-order valence-electron chi connectivity index (χ2n) is 5.58. The van der Waals surface area contributed by atoms with Crippen LogP contribution in [0.2, 0.25) is 0 Å². The molecule has 7 heteroatoms. The molecule has 120 valence electrons. The number of hydrogen-bond donors (Lipinski definition) is 2. The van der Waals surface area contributed by atoms with Gasteiger partial charge < -0.3 is 19.7 Å². The standard InChI is InChI=1S/C15H20N2O5/c1-16(11-6-2-3-7-12(11)18)14(21)10-5-4-8-17(15(10)22)9-13(19)20/h4-5,8,11-12,18H,2-3,6-7,9H2,1H3,(H,19,20)/t11-,12-/m1/s1. The van der Waals surface area contributed by atoms with Gasteiger partial charge in [0.25, 0.3) is 11.5 Å². The van der Waals surface area contributed by atoms with Crippen LogP contribution >= 0.6 is 0 Å². The largest absolute Gasteiger partial charge is 0.480 e. The number of carbonyl (C=O) groups excluding carboxylic acids is 1. The molecule has 0 saturated heterocycles. The molecule has 0 aromatic carbocycles. The van der Waals surface area contributed by atoms with E-state index < -0.39 is 30.1 Å². The van der Waals surface area contributed by atoms with Gasteiger partial charge in [-0.05, 0) is 25.0 Å². The molecule has 7 nitrogen and oxygen atoms in total. The van der Waals surface area contributed by atoms with Gasteiger partial charge in [0.2, 0.25) is 0 Å². The van der Waals surface area contributed by atoms with Crippen LogP contribution < -0.4 is 5.56 Å². The Kier molecular flexibility index (Phi) is 4.97. The highest BCUT2D eigenvalue weighted by Crippen LogP contribution is 2.23. The van der Waals surface area contributed by atoms with Crippen LogP contribution in [0.25, 0.3) is 0 Å². The molecule has 1 amide bonds. The Hall–Kier alpha value is -2.15. The van der Waals surface area contributed by atoms with E-state index in [-0.39, 0.29) is 11.6 Å². The van der Waals surface area contributed by atoms with Gasteiger partial charge >= 0.3 is 5.97 Å². The lowest BCUT2D eigenvalue weighted by Gasteiger charge is -2.35.